The highest BCUT2D eigenvalue weighted by atomic mass is 16.7. The molecule has 0 saturated heterocycles. The van der Waals surface area contributed by atoms with Crippen molar-refractivity contribution in [2.24, 2.45) is 0 Å². The van der Waals surface area contributed by atoms with Crippen LogP contribution in [0.15, 0.2) is 85.3 Å². The van der Waals surface area contributed by atoms with Crippen LogP contribution < -0.4 is 9.47 Å². The summed E-state index contributed by atoms with van der Waals surface area (Å²) in [5, 5.41) is 4.77. The Bertz CT molecular complexity index is 1230. The van der Waals surface area contributed by atoms with Crippen LogP contribution in [0.4, 0.5) is 0 Å². The first-order chi connectivity index (χ1) is 14.8. The molecule has 0 bridgehead atoms. The Labute approximate surface area is 173 Å². The molecular weight excluding hydrogens is 378 g/mol. The molecule has 0 spiro atoms. The Kier molecular flexibility index (Phi) is 4.57. The molecule has 0 atom stereocenters. The lowest BCUT2D eigenvalue weighted by Crippen LogP contribution is -1.94. The van der Waals surface area contributed by atoms with Crippen molar-refractivity contribution in [3.05, 3.63) is 96.5 Å². The first-order valence-corrected chi connectivity index (χ1v) is 9.45. The molecule has 1 aliphatic rings. The summed E-state index contributed by atoms with van der Waals surface area (Å²) in [6.07, 6.45) is 8.42. The zero-order chi connectivity index (χ0) is 20.3. The number of benzene rings is 2. The second-order valence-corrected chi connectivity index (χ2v) is 6.72. The van der Waals surface area contributed by atoms with E-state index in [1.807, 2.05) is 54.7 Å². The fraction of sp³-hybridized carbons (Fsp3) is 0.0417. The van der Waals surface area contributed by atoms with Crippen molar-refractivity contribution < 1.29 is 14.3 Å². The summed E-state index contributed by atoms with van der Waals surface area (Å²) in [5.41, 5.74) is 3.90. The highest BCUT2D eigenvalue weighted by Gasteiger charge is 2.17. The minimum Gasteiger partial charge on any atom is -0.454 e. The fourth-order valence-electron chi connectivity index (χ4n) is 3.26. The third-order valence-corrected chi connectivity index (χ3v) is 4.77. The van der Waals surface area contributed by atoms with Crippen molar-refractivity contribution in [2.45, 2.75) is 0 Å². The Balaban J connectivity index is 1.56. The van der Waals surface area contributed by atoms with Crippen LogP contribution in [0.2, 0.25) is 0 Å². The molecule has 0 unspecified atom stereocenters. The van der Waals surface area contributed by atoms with E-state index in [1.165, 1.54) is 0 Å². The van der Waals surface area contributed by atoms with Gasteiger partial charge in [0.2, 0.25) is 6.79 Å². The van der Waals surface area contributed by atoms with E-state index in [0.717, 1.165) is 22.5 Å². The monoisotopic (exact) mass is 395 g/mol. The lowest BCUT2D eigenvalue weighted by molar-refractivity contribution is 0.104. The van der Waals surface area contributed by atoms with Gasteiger partial charge in [-0.25, -0.2) is 4.68 Å². The zero-order valence-electron chi connectivity index (χ0n) is 15.9. The van der Waals surface area contributed by atoms with E-state index in [2.05, 4.69) is 4.98 Å². The van der Waals surface area contributed by atoms with E-state index in [9.17, 15) is 4.79 Å². The summed E-state index contributed by atoms with van der Waals surface area (Å²) in [6, 6.07) is 19.0. The second kappa shape index (κ2) is 7.67. The summed E-state index contributed by atoms with van der Waals surface area (Å²) in [4.78, 5) is 16.5. The number of carbonyl (C=O) groups excluding carboxylic acids is 1. The lowest BCUT2D eigenvalue weighted by atomic mass is 10.1. The molecule has 4 aromatic rings. The first kappa shape index (κ1) is 17.9. The van der Waals surface area contributed by atoms with Gasteiger partial charge in [-0.05, 0) is 54.6 Å². The van der Waals surface area contributed by atoms with E-state index in [0.29, 0.717) is 17.1 Å². The van der Waals surface area contributed by atoms with Crippen molar-refractivity contribution in [1.29, 1.82) is 0 Å². The lowest BCUT2D eigenvalue weighted by Gasteiger charge is -2.02. The van der Waals surface area contributed by atoms with E-state index >= 15 is 0 Å². The van der Waals surface area contributed by atoms with Crippen LogP contribution in [0.3, 0.4) is 0 Å². The summed E-state index contributed by atoms with van der Waals surface area (Å²) in [6.45, 7) is 0.212. The molecule has 0 aliphatic carbocycles. The van der Waals surface area contributed by atoms with Gasteiger partial charge >= 0.3 is 0 Å². The number of ketones is 1. The molecule has 0 radical (unpaired) electrons. The van der Waals surface area contributed by atoms with Gasteiger partial charge in [-0.2, -0.15) is 5.10 Å². The zero-order valence-corrected chi connectivity index (χ0v) is 15.9. The molecule has 0 fully saturated rings. The topological polar surface area (TPSA) is 66.2 Å². The Morgan fingerprint density at radius 1 is 1.00 bits per heavy atom. The van der Waals surface area contributed by atoms with Crippen LogP contribution in [0.25, 0.3) is 23.0 Å². The number of allylic oxidation sites excluding steroid dienone is 1. The number of hydrogen-bond acceptors (Lipinski definition) is 5. The normalized spacial score (nSPS) is 12.4. The van der Waals surface area contributed by atoms with E-state index in [4.69, 9.17) is 14.6 Å². The van der Waals surface area contributed by atoms with Gasteiger partial charge in [-0.3, -0.25) is 9.78 Å². The SMILES string of the molecule is O=C(/C=C/c1cn(-c2ccccc2)nc1-c1ccc2c(c1)OCO2)c1cccnc1. The molecule has 0 amide bonds. The summed E-state index contributed by atoms with van der Waals surface area (Å²) < 4.78 is 12.7. The van der Waals surface area contributed by atoms with Crippen LogP contribution in [0, 0.1) is 0 Å². The molecule has 5 rings (SSSR count). The fourth-order valence-corrected chi connectivity index (χ4v) is 3.26. The minimum atomic E-state index is -0.118. The van der Waals surface area contributed by atoms with Gasteiger partial charge in [0.25, 0.3) is 0 Å². The highest BCUT2D eigenvalue weighted by molar-refractivity contribution is 6.06. The van der Waals surface area contributed by atoms with Crippen LogP contribution in [-0.2, 0) is 0 Å². The highest BCUT2D eigenvalue weighted by Crippen LogP contribution is 2.36. The summed E-state index contributed by atoms with van der Waals surface area (Å²) in [5.74, 6) is 1.28. The first-order valence-electron chi connectivity index (χ1n) is 9.45. The molecule has 2 aromatic heterocycles. The van der Waals surface area contributed by atoms with Crippen molar-refractivity contribution in [3.63, 3.8) is 0 Å². The van der Waals surface area contributed by atoms with E-state index in [-0.39, 0.29) is 12.6 Å². The molecule has 6 nitrogen and oxygen atoms in total. The average Bonchev–Trinajstić information content (AvgIpc) is 3.45. The molecule has 146 valence electrons. The maximum Gasteiger partial charge on any atom is 0.231 e. The number of para-hydroxylation sites is 1. The van der Waals surface area contributed by atoms with E-state index < -0.39 is 0 Å². The maximum atomic E-state index is 12.5. The summed E-state index contributed by atoms with van der Waals surface area (Å²) in [7, 11) is 0. The van der Waals surface area contributed by atoms with Crippen molar-refractivity contribution in [1.82, 2.24) is 14.8 Å². The third-order valence-electron chi connectivity index (χ3n) is 4.77. The molecule has 0 N–H and O–H groups in total. The number of pyridine rings is 1. The van der Waals surface area contributed by atoms with Gasteiger partial charge in [0.05, 0.1) is 5.69 Å². The van der Waals surface area contributed by atoms with Crippen LogP contribution in [0.5, 0.6) is 11.5 Å². The predicted molar refractivity (Wildman–Crippen MR) is 113 cm³/mol. The smallest absolute Gasteiger partial charge is 0.231 e. The number of aromatic nitrogens is 3. The predicted octanol–water partition coefficient (Wildman–Crippen LogP) is 4.56. The third kappa shape index (κ3) is 3.46. The van der Waals surface area contributed by atoms with Gasteiger partial charge in [0.1, 0.15) is 5.69 Å². The van der Waals surface area contributed by atoms with Gasteiger partial charge in [-0.1, -0.05) is 18.2 Å². The summed E-state index contributed by atoms with van der Waals surface area (Å²) >= 11 is 0. The van der Waals surface area contributed by atoms with Gasteiger partial charge in [-0.15, -0.1) is 0 Å². The van der Waals surface area contributed by atoms with Crippen LogP contribution >= 0.6 is 0 Å². The van der Waals surface area contributed by atoms with Gasteiger partial charge in [0.15, 0.2) is 17.3 Å². The largest absolute Gasteiger partial charge is 0.454 e. The van der Waals surface area contributed by atoms with Gasteiger partial charge in [0, 0.05) is 35.3 Å². The number of hydrogen-bond donors (Lipinski definition) is 0. The quantitative estimate of drug-likeness (QED) is 0.366. The molecule has 3 heterocycles. The minimum absolute atomic E-state index is 0.118. The molecule has 6 heteroatoms. The number of ether oxygens (including phenoxy) is 2. The Morgan fingerprint density at radius 2 is 1.87 bits per heavy atom. The maximum absolute atomic E-state index is 12.5. The number of fused-ring (bicyclic) bond motifs is 1. The second-order valence-electron chi connectivity index (χ2n) is 6.72. The van der Waals surface area contributed by atoms with Crippen molar-refractivity contribution in [3.8, 4) is 28.4 Å². The number of nitrogens with zero attached hydrogens (tertiary/aromatic N) is 3. The van der Waals surface area contributed by atoms with Crippen LogP contribution in [0.1, 0.15) is 15.9 Å². The van der Waals surface area contributed by atoms with Gasteiger partial charge < -0.3 is 9.47 Å². The standard InChI is InChI=1S/C24H17N3O3/c28-21(18-5-4-12-25-14-18)10-8-19-15-27(20-6-2-1-3-7-20)26-24(19)17-9-11-22-23(13-17)30-16-29-22/h1-15H,16H2/b10-8+. The molecular formula is C24H17N3O3. The number of rotatable bonds is 5. The Morgan fingerprint density at radius 3 is 2.70 bits per heavy atom. The number of carbonyl (C=O) groups is 1. The molecule has 0 saturated carbocycles. The van der Waals surface area contributed by atoms with Crippen molar-refractivity contribution >= 4 is 11.9 Å². The average molecular weight is 395 g/mol. The van der Waals surface area contributed by atoms with E-state index in [1.54, 1.807) is 41.4 Å². The molecule has 2 aromatic carbocycles. The Hall–Kier alpha value is -4.19. The molecule has 1 aliphatic heterocycles. The molecule has 30 heavy (non-hydrogen) atoms. The van der Waals surface area contributed by atoms with Crippen molar-refractivity contribution in [2.75, 3.05) is 6.79 Å². The van der Waals surface area contributed by atoms with Crippen LogP contribution in [-0.4, -0.2) is 27.3 Å².